The van der Waals surface area contributed by atoms with Crippen LogP contribution in [0.1, 0.15) is 36.8 Å². The number of aliphatic hydroxyl groups is 1. The lowest BCUT2D eigenvalue weighted by Gasteiger charge is -2.25. The first kappa shape index (κ1) is 12.0. The molecule has 2 fully saturated rings. The van der Waals surface area contributed by atoms with Gasteiger partial charge in [-0.2, -0.15) is 0 Å². The third-order valence-corrected chi connectivity index (χ3v) is 3.94. The fourth-order valence-electron chi connectivity index (χ4n) is 2.51. The molecular formula is C15H22N2O. The van der Waals surface area contributed by atoms with Crippen molar-refractivity contribution >= 4 is 5.82 Å². The fourth-order valence-corrected chi connectivity index (χ4v) is 2.51. The van der Waals surface area contributed by atoms with E-state index in [-0.39, 0.29) is 6.61 Å². The minimum Gasteiger partial charge on any atom is -0.392 e. The number of aryl methyl sites for hydroxylation is 1. The normalized spacial score (nSPS) is 19.0. The van der Waals surface area contributed by atoms with Crippen molar-refractivity contribution in [3.05, 3.63) is 23.4 Å². The third-order valence-electron chi connectivity index (χ3n) is 3.94. The van der Waals surface area contributed by atoms with E-state index < -0.39 is 0 Å². The van der Waals surface area contributed by atoms with E-state index in [0.29, 0.717) is 0 Å². The van der Waals surface area contributed by atoms with Crippen LogP contribution < -0.4 is 4.90 Å². The summed E-state index contributed by atoms with van der Waals surface area (Å²) in [6.45, 7) is 4.53. The van der Waals surface area contributed by atoms with Crippen molar-refractivity contribution < 1.29 is 5.11 Å². The van der Waals surface area contributed by atoms with Crippen molar-refractivity contribution in [1.29, 1.82) is 0 Å². The van der Waals surface area contributed by atoms with Gasteiger partial charge < -0.3 is 10.0 Å². The molecule has 3 nitrogen and oxygen atoms in total. The van der Waals surface area contributed by atoms with Crippen LogP contribution in [0.5, 0.6) is 0 Å². The summed E-state index contributed by atoms with van der Waals surface area (Å²) >= 11 is 0. The number of hydrogen-bond acceptors (Lipinski definition) is 3. The number of rotatable bonds is 6. The quantitative estimate of drug-likeness (QED) is 0.838. The molecule has 0 bridgehead atoms. The Morgan fingerprint density at radius 2 is 1.83 bits per heavy atom. The highest BCUT2D eigenvalue weighted by molar-refractivity contribution is 5.47. The standard InChI is InChI=1S/C15H22N2O/c1-11-6-14(10-18)7-16-15(11)17(8-12-2-3-12)9-13-4-5-13/h6-7,12-13,18H,2-5,8-10H2,1H3. The van der Waals surface area contributed by atoms with Gasteiger partial charge in [-0.15, -0.1) is 0 Å². The highest BCUT2D eigenvalue weighted by atomic mass is 16.3. The van der Waals surface area contributed by atoms with Gasteiger partial charge in [-0.05, 0) is 61.6 Å². The van der Waals surface area contributed by atoms with E-state index in [1.54, 1.807) is 0 Å². The number of aromatic nitrogens is 1. The van der Waals surface area contributed by atoms with E-state index >= 15 is 0 Å². The van der Waals surface area contributed by atoms with Gasteiger partial charge in [0.1, 0.15) is 5.82 Å². The molecule has 2 saturated carbocycles. The second-order valence-corrected chi connectivity index (χ2v) is 5.93. The Morgan fingerprint density at radius 3 is 2.28 bits per heavy atom. The van der Waals surface area contributed by atoms with Crippen LogP contribution in [-0.4, -0.2) is 23.2 Å². The van der Waals surface area contributed by atoms with Crippen molar-refractivity contribution in [3.8, 4) is 0 Å². The fraction of sp³-hybridized carbons (Fsp3) is 0.667. The summed E-state index contributed by atoms with van der Waals surface area (Å²) in [6, 6.07) is 2.06. The average molecular weight is 246 g/mol. The number of aliphatic hydroxyl groups excluding tert-OH is 1. The lowest BCUT2D eigenvalue weighted by atomic mass is 10.2. The van der Waals surface area contributed by atoms with Crippen molar-refractivity contribution in [2.24, 2.45) is 11.8 Å². The molecule has 0 aliphatic heterocycles. The molecule has 1 aromatic rings. The zero-order valence-corrected chi connectivity index (χ0v) is 11.1. The van der Waals surface area contributed by atoms with Crippen LogP contribution in [0.3, 0.4) is 0 Å². The van der Waals surface area contributed by atoms with Gasteiger partial charge in [-0.25, -0.2) is 4.98 Å². The third kappa shape index (κ3) is 2.83. The molecule has 0 atom stereocenters. The maximum atomic E-state index is 9.15. The summed E-state index contributed by atoms with van der Waals surface area (Å²) in [5, 5.41) is 9.15. The van der Waals surface area contributed by atoms with E-state index in [4.69, 9.17) is 5.11 Å². The average Bonchev–Trinajstić information content (AvgIpc) is 3.23. The largest absolute Gasteiger partial charge is 0.392 e. The molecule has 3 heteroatoms. The van der Waals surface area contributed by atoms with Crippen LogP contribution in [-0.2, 0) is 6.61 Å². The predicted octanol–water partition coefficient (Wildman–Crippen LogP) is 2.51. The van der Waals surface area contributed by atoms with Gasteiger partial charge in [0.25, 0.3) is 0 Å². The van der Waals surface area contributed by atoms with Gasteiger partial charge in [0.05, 0.1) is 6.61 Å². The summed E-state index contributed by atoms with van der Waals surface area (Å²) in [5.74, 6) is 2.91. The van der Waals surface area contributed by atoms with E-state index in [1.807, 2.05) is 6.20 Å². The minimum absolute atomic E-state index is 0.0827. The molecular weight excluding hydrogens is 224 g/mol. The number of anilines is 1. The molecule has 2 aliphatic carbocycles. The zero-order chi connectivity index (χ0) is 12.5. The topological polar surface area (TPSA) is 36.4 Å². The first-order chi connectivity index (χ1) is 8.76. The molecule has 0 aromatic carbocycles. The SMILES string of the molecule is Cc1cc(CO)cnc1N(CC1CC1)CC1CC1. The lowest BCUT2D eigenvalue weighted by Crippen LogP contribution is -2.29. The van der Waals surface area contributed by atoms with Crippen molar-refractivity contribution in [2.45, 2.75) is 39.2 Å². The summed E-state index contributed by atoms with van der Waals surface area (Å²) in [7, 11) is 0. The monoisotopic (exact) mass is 246 g/mol. The number of nitrogens with zero attached hydrogens (tertiary/aromatic N) is 2. The van der Waals surface area contributed by atoms with Gasteiger partial charge in [0.15, 0.2) is 0 Å². The highest BCUT2D eigenvalue weighted by Gasteiger charge is 2.30. The Morgan fingerprint density at radius 1 is 1.22 bits per heavy atom. The van der Waals surface area contributed by atoms with Crippen LogP contribution in [0.2, 0.25) is 0 Å². The second kappa shape index (κ2) is 4.88. The molecule has 2 aliphatic rings. The lowest BCUT2D eigenvalue weighted by molar-refractivity contribution is 0.281. The molecule has 1 N–H and O–H groups in total. The maximum absolute atomic E-state index is 9.15. The first-order valence-electron chi connectivity index (χ1n) is 7.07. The predicted molar refractivity (Wildman–Crippen MR) is 72.6 cm³/mol. The molecule has 0 unspecified atom stereocenters. The number of pyridine rings is 1. The molecule has 3 rings (SSSR count). The molecule has 1 heterocycles. The summed E-state index contributed by atoms with van der Waals surface area (Å²) in [5.41, 5.74) is 2.11. The maximum Gasteiger partial charge on any atom is 0.131 e. The van der Waals surface area contributed by atoms with Crippen LogP contribution in [0, 0.1) is 18.8 Å². The Labute approximate surface area is 109 Å². The van der Waals surface area contributed by atoms with Crippen LogP contribution in [0.25, 0.3) is 0 Å². The van der Waals surface area contributed by atoms with Gasteiger partial charge >= 0.3 is 0 Å². The Balaban J connectivity index is 1.77. The highest BCUT2D eigenvalue weighted by Crippen LogP contribution is 2.36. The smallest absolute Gasteiger partial charge is 0.131 e. The van der Waals surface area contributed by atoms with Gasteiger partial charge in [0, 0.05) is 19.3 Å². The van der Waals surface area contributed by atoms with Crippen molar-refractivity contribution in [2.75, 3.05) is 18.0 Å². The van der Waals surface area contributed by atoms with Gasteiger partial charge in [-0.3, -0.25) is 0 Å². The zero-order valence-electron chi connectivity index (χ0n) is 11.1. The molecule has 18 heavy (non-hydrogen) atoms. The van der Waals surface area contributed by atoms with E-state index in [0.717, 1.165) is 23.2 Å². The van der Waals surface area contributed by atoms with Crippen molar-refractivity contribution in [3.63, 3.8) is 0 Å². The molecule has 0 radical (unpaired) electrons. The Kier molecular flexibility index (Phi) is 3.25. The first-order valence-corrected chi connectivity index (χ1v) is 7.07. The molecule has 0 saturated heterocycles. The van der Waals surface area contributed by atoms with Crippen molar-refractivity contribution in [1.82, 2.24) is 4.98 Å². The molecule has 0 amide bonds. The van der Waals surface area contributed by atoms with E-state index in [9.17, 15) is 0 Å². The molecule has 98 valence electrons. The minimum atomic E-state index is 0.0827. The van der Waals surface area contributed by atoms with Crippen LogP contribution >= 0.6 is 0 Å². The second-order valence-electron chi connectivity index (χ2n) is 5.93. The molecule has 1 aromatic heterocycles. The van der Waals surface area contributed by atoms with E-state index in [1.165, 1.54) is 44.3 Å². The number of hydrogen-bond donors (Lipinski definition) is 1. The summed E-state index contributed by atoms with van der Waals surface area (Å²) in [4.78, 5) is 7.05. The van der Waals surface area contributed by atoms with Gasteiger partial charge in [0.2, 0.25) is 0 Å². The van der Waals surface area contributed by atoms with Gasteiger partial charge in [-0.1, -0.05) is 0 Å². The summed E-state index contributed by atoms with van der Waals surface area (Å²) < 4.78 is 0. The summed E-state index contributed by atoms with van der Waals surface area (Å²) in [6.07, 6.45) is 7.35. The van der Waals surface area contributed by atoms with E-state index in [2.05, 4.69) is 22.9 Å². The van der Waals surface area contributed by atoms with Crippen LogP contribution in [0.4, 0.5) is 5.82 Å². The Bertz CT molecular complexity index is 411. The Hall–Kier alpha value is -1.09. The molecule has 0 spiro atoms. The van der Waals surface area contributed by atoms with Crippen LogP contribution in [0.15, 0.2) is 12.3 Å².